The molecular formula is C15H13ClN2. The van der Waals surface area contributed by atoms with Gasteiger partial charge in [0, 0.05) is 18.3 Å². The van der Waals surface area contributed by atoms with E-state index in [9.17, 15) is 0 Å². The van der Waals surface area contributed by atoms with Crippen LogP contribution in [0, 0.1) is 0 Å². The van der Waals surface area contributed by atoms with Crippen molar-refractivity contribution in [2.45, 2.75) is 6.54 Å². The summed E-state index contributed by atoms with van der Waals surface area (Å²) in [6.07, 6.45) is 1.95. The summed E-state index contributed by atoms with van der Waals surface area (Å²) in [7, 11) is 0. The molecule has 3 heteroatoms. The maximum Gasteiger partial charge on any atom is 0.0637 e. The molecule has 0 amide bonds. The molecule has 1 aromatic heterocycles. The minimum atomic E-state index is 0.750. The summed E-state index contributed by atoms with van der Waals surface area (Å²) in [5.74, 6) is 0. The first kappa shape index (κ1) is 11.2. The first-order chi connectivity index (χ1) is 8.83. The molecule has 0 unspecified atom stereocenters. The van der Waals surface area contributed by atoms with Gasteiger partial charge in [-0.25, -0.2) is 0 Å². The quantitative estimate of drug-likeness (QED) is 0.713. The molecule has 2 N–H and O–H groups in total. The molecule has 0 aliphatic rings. The van der Waals surface area contributed by atoms with Crippen molar-refractivity contribution in [3.63, 3.8) is 0 Å². The maximum atomic E-state index is 6.10. The molecule has 18 heavy (non-hydrogen) atoms. The molecule has 0 fully saturated rings. The molecule has 2 nitrogen and oxygen atoms in total. The zero-order valence-electron chi connectivity index (χ0n) is 9.78. The number of H-pyrrole nitrogens is 1. The van der Waals surface area contributed by atoms with Crippen molar-refractivity contribution in [1.29, 1.82) is 0 Å². The van der Waals surface area contributed by atoms with E-state index in [2.05, 4.69) is 34.6 Å². The van der Waals surface area contributed by atoms with E-state index < -0.39 is 0 Å². The Morgan fingerprint density at radius 3 is 2.83 bits per heavy atom. The minimum absolute atomic E-state index is 0.750. The van der Waals surface area contributed by atoms with E-state index in [1.165, 1.54) is 10.9 Å². The standard InChI is InChI=1S/C15H13ClN2/c16-13-3-1-2-4-15(13)18-10-11-5-6-14-12(9-11)7-8-17-14/h1-9,17-18H,10H2. The Hall–Kier alpha value is -1.93. The summed E-state index contributed by atoms with van der Waals surface area (Å²) in [5, 5.41) is 5.32. The monoisotopic (exact) mass is 256 g/mol. The number of rotatable bonds is 3. The minimum Gasteiger partial charge on any atom is -0.380 e. The van der Waals surface area contributed by atoms with Crippen molar-refractivity contribution < 1.29 is 0 Å². The van der Waals surface area contributed by atoms with E-state index in [0.29, 0.717) is 0 Å². The van der Waals surface area contributed by atoms with Crippen molar-refractivity contribution in [3.8, 4) is 0 Å². The van der Waals surface area contributed by atoms with E-state index in [4.69, 9.17) is 11.6 Å². The summed E-state index contributed by atoms with van der Waals surface area (Å²) < 4.78 is 0. The van der Waals surface area contributed by atoms with Gasteiger partial charge in [0.25, 0.3) is 0 Å². The predicted molar refractivity (Wildman–Crippen MR) is 77.1 cm³/mol. The third kappa shape index (κ3) is 2.20. The Bertz CT molecular complexity index is 673. The zero-order valence-corrected chi connectivity index (χ0v) is 10.5. The zero-order chi connectivity index (χ0) is 12.4. The van der Waals surface area contributed by atoms with Gasteiger partial charge in [-0.05, 0) is 41.3 Å². The van der Waals surface area contributed by atoms with Crippen LogP contribution in [0.5, 0.6) is 0 Å². The Labute approximate surface area is 111 Å². The fraction of sp³-hybridized carbons (Fsp3) is 0.0667. The topological polar surface area (TPSA) is 27.8 Å². The molecule has 0 aliphatic carbocycles. The molecule has 1 heterocycles. The molecule has 3 aromatic rings. The molecule has 0 saturated heterocycles. The van der Waals surface area contributed by atoms with Crippen LogP contribution < -0.4 is 5.32 Å². The van der Waals surface area contributed by atoms with Gasteiger partial charge in [-0.2, -0.15) is 0 Å². The number of hydrogen-bond acceptors (Lipinski definition) is 1. The summed E-state index contributed by atoms with van der Waals surface area (Å²) in [4.78, 5) is 3.19. The van der Waals surface area contributed by atoms with Crippen molar-refractivity contribution >= 4 is 28.2 Å². The number of nitrogens with one attached hydrogen (secondary N) is 2. The van der Waals surface area contributed by atoms with Crippen molar-refractivity contribution in [2.24, 2.45) is 0 Å². The summed E-state index contributed by atoms with van der Waals surface area (Å²) in [6, 6.07) is 16.2. The molecule has 0 spiro atoms. The van der Waals surface area contributed by atoms with Gasteiger partial charge in [0.05, 0.1) is 10.7 Å². The number of benzene rings is 2. The third-order valence-corrected chi connectivity index (χ3v) is 3.30. The smallest absolute Gasteiger partial charge is 0.0637 e. The van der Waals surface area contributed by atoms with Gasteiger partial charge in [-0.3, -0.25) is 0 Å². The molecule has 0 aliphatic heterocycles. The van der Waals surface area contributed by atoms with Crippen LogP contribution in [0.2, 0.25) is 5.02 Å². The second-order valence-electron chi connectivity index (χ2n) is 4.23. The average Bonchev–Trinajstić information content (AvgIpc) is 2.85. The Morgan fingerprint density at radius 2 is 1.94 bits per heavy atom. The second kappa shape index (κ2) is 4.75. The molecule has 90 valence electrons. The van der Waals surface area contributed by atoms with Crippen LogP contribution in [-0.4, -0.2) is 4.98 Å². The molecular weight excluding hydrogens is 244 g/mol. The Balaban J connectivity index is 1.78. The fourth-order valence-electron chi connectivity index (χ4n) is 2.01. The maximum absolute atomic E-state index is 6.10. The molecule has 0 saturated carbocycles. The Morgan fingerprint density at radius 1 is 1.06 bits per heavy atom. The number of halogens is 1. The highest BCUT2D eigenvalue weighted by Crippen LogP contribution is 2.22. The first-order valence-corrected chi connectivity index (χ1v) is 6.25. The molecule has 0 radical (unpaired) electrons. The highest BCUT2D eigenvalue weighted by atomic mass is 35.5. The lowest BCUT2D eigenvalue weighted by Gasteiger charge is -2.08. The predicted octanol–water partition coefficient (Wildman–Crippen LogP) is 4.43. The normalized spacial score (nSPS) is 10.7. The van der Waals surface area contributed by atoms with Gasteiger partial charge in [0.1, 0.15) is 0 Å². The molecule has 0 atom stereocenters. The number of para-hydroxylation sites is 1. The van der Waals surface area contributed by atoms with Crippen LogP contribution in [0.25, 0.3) is 10.9 Å². The van der Waals surface area contributed by atoms with E-state index in [-0.39, 0.29) is 0 Å². The summed E-state index contributed by atoms with van der Waals surface area (Å²) >= 11 is 6.10. The van der Waals surface area contributed by atoms with Crippen LogP contribution in [0.15, 0.2) is 54.7 Å². The van der Waals surface area contributed by atoms with Gasteiger partial charge in [0.2, 0.25) is 0 Å². The molecule has 2 aromatic carbocycles. The fourth-order valence-corrected chi connectivity index (χ4v) is 2.22. The Kier molecular flexibility index (Phi) is 2.95. The van der Waals surface area contributed by atoms with Crippen LogP contribution in [0.3, 0.4) is 0 Å². The number of fused-ring (bicyclic) bond motifs is 1. The highest BCUT2D eigenvalue weighted by molar-refractivity contribution is 6.33. The van der Waals surface area contributed by atoms with Crippen molar-refractivity contribution in [3.05, 3.63) is 65.3 Å². The van der Waals surface area contributed by atoms with Crippen LogP contribution in [0.1, 0.15) is 5.56 Å². The van der Waals surface area contributed by atoms with Gasteiger partial charge in [-0.1, -0.05) is 29.8 Å². The SMILES string of the molecule is Clc1ccccc1NCc1ccc2[nH]ccc2c1. The lowest BCUT2D eigenvalue weighted by molar-refractivity contribution is 1.15. The van der Waals surface area contributed by atoms with Crippen molar-refractivity contribution in [1.82, 2.24) is 4.98 Å². The number of hydrogen-bond donors (Lipinski definition) is 2. The average molecular weight is 257 g/mol. The van der Waals surface area contributed by atoms with Gasteiger partial charge < -0.3 is 10.3 Å². The van der Waals surface area contributed by atoms with Crippen LogP contribution in [-0.2, 0) is 6.54 Å². The number of aromatic nitrogens is 1. The molecule has 3 rings (SSSR count). The highest BCUT2D eigenvalue weighted by Gasteiger charge is 2.00. The van der Waals surface area contributed by atoms with Crippen LogP contribution in [0.4, 0.5) is 5.69 Å². The van der Waals surface area contributed by atoms with Crippen molar-refractivity contribution in [2.75, 3.05) is 5.32 Å². The van der Waals surface area contributed by atoms with E-state index in [1.54, 1.807) is 0 Å². The third-order valence-electron chi connectivity index (χ3n) is 2.97. The number of aromatic amines is 1. The summed E-state index contributed by atoms with van der Waals surface area (Å²) in [5.41, 5.74) is 3.37. The lowest BCUT2D eigenvalue weighted by atomic mass is 10.1. The molecule has 0 bridgehead atoms. The van der Waals surface area contributed by atoms with E-state index >= 15 is 0 Å². The largest absolute Gasteiger partial charge is 0.380 e. The van der Waals surface area contributed by atoms with E-state index in [1.807, 2.05) is 30.5 Å². The second-order valence-corrected chi connectivity index (χ2v) is 4.64. The van der Waals surface area contributed by atoms with Gasteiger partial charge in [0.15, 0.2) is 0 Å². The van der Waals surface area contributed by atoms with Gasteiger partial charge >= 0.3 is 0 Å². The van der Waals surface area contributed by atoms with Crippen LogP contribution >= 0.6 is 11.6 Å². The summed E-state index contributed by atoms with van der Waals surface area (Å²) in [6.45, 7) is 0.769. The lowest BCUT2D eigenvalue weighted by Crippen LogP contribution is -1.99. The van der Waals surface area contributed by atoms with Gasteiger partial charge in [-0.15, -0.1) is 0 Å². The van der Waals surface area contributed by atoms with E-state index in [0.717, 1.165) is 22.8 Å². The number of anilines is 1. The first-order valence-electron chi connectivity index (χ1n) is 5.87.